The van der Waals surface area contributed by atoms with E-state index >= 15 is 0 Å². The third-order valence-corrected chi connectivity index (χ3v) is 7.01. The van der Waals surface area contributed by atoms with Gasteiger partial charge in [-0.2, -0.15) is 11.1 Å². The fourth-order valence-corrected chi connectivity index (χ4v) is 5.64. The maximum absolute atomic E-state index is 7.01. The summed E-state index contributed by atoms with van der Waals surface area (Å²) in [6.45, 7) is 18.1. The Morgan fingerprint density at radius 3 is 1.71 bits per heavy atom. The van der Waals surface area contributed by atoms with Crippen LogP contribution in [0, 0.1) is 0 Å². The predicted molar refractivity (Wildman–Crippen MR) is 117 cm³/mol. The summed E-state index contributed by atoms with van der Waals surface area (Å²) >= 11 is 7.01. The summed E-state index contributed by atoms with van der Waals surface area (Å²) in [4.78, 5) is 0. The summed E-state index contributed by atoms with van der Waals surface area (Å²) in [5.41, 5.74) is 3.97. The fourth-order valence-electron chi connectivity index (χ4n) is 3.27. The number of quaternary nitrogens is 1. The molecular formula is C19H37ClNOSi2+. The Morgan fingerprint density at radius 1 is 1.00 bits per heavy atom. The molecule has 0 amide bonds. The van der Waals surface area contributed by atoms with Gasteiger partial charge in [0.1, 0.15) is 11.4 Å². The molecule has 0 saturated heterocycles. The Hall–Kier alpha value is -0.296. The zero-order valence-electron chi connectivity index (χ0n) is 17.8. The first-order valence-corrected chi connectivity index (χ1v) is 13.5. The van der Waals surface area contributed by atoms with Gasteiger partial charge < -0.3 is 4.43 Å². The first kappa shape index (κ1) is 21.7. The van der Waals surface area contributed by atoms with Crippen molar-refractivity contribution in [2.24, 2.45) is 0 Å². The standard InChI is InChI=1S/C19H37ClNOSi2/c1-18(2,3)13-12-14(24(10,11)20)16(21(7,8)9)15(17(13)22-23)19(4,5)6/h12H,1-11,23H3/q+1. The average molecular weight is 387 g/mol. The van der Waals surface area contributed by atoms with E-state index in [0.717, 1.165) is 10.2 Å². The van der Waals surface area contributed by atoms with Crippen molar-refractivity contribution in [1.29, 1.82) is 0 Å². The van der Waals surface area contributed by atoms with Crippen LogP contribution in [0.1, 0.15) is 52.7 Å². The number of hydrogen-bond acceptors (Lipinski definition) is 1. The van der Waals surface area contributed by atoms with Crippen LogP contribution < -0.4 is 14.1 Å². The minimum absolute atomic E-state index is 0.00679. The molecule has 24 heavy (non-hydrogen) atoms. The van der Waals surface area contributed by atoms with Crippen LogP contribution >= 0.6 is 11.1 Å². The van der Waals surface area contributed by atoms with Crippen molar-refractivity contribution < 1.29 is 4.43 Å². The van der Waals surface area contributed by atoms with Crippen molar-refractivity contribution in [2.45, 2.75) is 65.5 Å². The Kier molecular flexibility index (Phi) is 5.85. The van der Waals surface area contributed by atoms with Gasteiger partial charge in [0.15, 0.2) is 7.38 Å². The minimum Gasteiger partial charge on any atom is -0.553 e. The van der Waals surface area contributed by atoms with Crippen LogP contribution in [0.25, 0.3) is 0 Å². The highest BCUT2D eigenvalue weighted by Crippen LogP contribution is 2.45. The van der Waals surface area contributed by atoms with E-state index in [4.69, 9.17) is 15.5 Å². The third kappa shape index (κ3) is 4.45. The molecule has 5 heteroatoms. The molecule has 1 rings (SSSR count). The molecule has 0 unspecified atom stereocenters. The van der Waals surface area contributed by atoms with E-state index in [1.54, 1.807) is 0 Å². The number of benzene rings is 1. The molecule has 1 aromatic carbocycles. The van der Waals surface area contributed by atoms with Crippen LogP contribution in [-0.2, 0) is 10.8 Å². The van der Waals surface area contributed by atoms with Gasteiger partial charge in [0, 0.05) is 5.19 Å². The second kappa shape index (κ2) is 6.46. The van der Waals surface area contributed by atoms with Gasteiger partial charge in [-0.3, -0.25) is 4.48 Å². The van der Waals surface area contributed by atoms with Crippen molar-refractivity contribution >= 4 is 39.8 Å². The molecule has 2 nitrogen and oxygen atoms in total. The van der Waals surface area contributed by atoms with Gasteiger partial charge in [-0.25, -0.2) is 0 Å². The molecule has 0 atom stereocenters. The Balaban J connectivity index is 4.21. The summed E-state index contributed by atoms with van der Waals surface area (Å²) in [5, 5.41) is 1.34. The van der Waals surface area contributed by atoms with E-state index in [1.807, 2.05) is 0 Å². The number of hydrogen-bond donors (Lipinski definition) is 0. The van der Waals surface area contributed by atoms with Crippen LogP contribution in [0.15, 0.2) is 6.07 Å². The van der Waals surface area contributed by atoms with Crippen LogP contribution in [-0.4, -0.2) is 39.0 Å². The lowest BCUT2D eigenvalue weighted by molar-refractivity contribution is 0.451. The van der Waals surface area contributed by atoms with Gasteiger partial charge in [0.2, 0.25) is 10.5 Å². The molecule has 0 heterocycles. The van der Waals surface area contributed by atoms with E-state index < -0.39 is 7.38 Å². The van der Waals surface area contributed by atoms with Gasteiger partial charge in [0.25, 0.3) is 0 Å². The quantitative estimate of drug-likeness (QED) is 0.436. The highest BCUT2D eigenvalue weighted by atomic mass is 35.6. The van der Waals surface area contributed by atoms with E-state index in [-0.39, 0.29) is 10.8 Å². The predicted octanol–water partition coefficient (Wildman–Crippen LogP) is 3.79. The summed E-state index contributed by atoms with van der Waals surface area (Å²) < 4.78 is 6.89. The van der Waals surface area contributed by atoms with Crippen molar-refractivity contribution in [1.82, 2.24) is 4.48 Å². The van der Waals surface area contributed by atoms with Gasteiger partial charge in [-0.1, -0.05) is 54.6 Å². The molecule has 1 aromatic rings. The lowest BCUT2D eigenvalue weighted by Gasteiger charge is -2.38. The maximum Gasteiger partial charge on any atom is 0.204 e. The van der Waals surface area contributed by atoms with Crippen LogP contribution in [0.5, 0.6) is 5.75 Å². The lowest BCUT2D eigenvalue weighted by atomic mass is 9.78. The zero-order chi connectivity index (χ0) is 19.3. The van der Waals surface area contributed by atoms with E-state index in [1.165, 1.54) is 22.0 Å². The topological polar surface area (TPSA) is 9.23 Å². The molecule has 0 aromatic heterocycles. The Morgan fingerprint density at radius 2 is 1.46 bits per heavy atom. The number of halogens is 1. The van der Waals surface area contributed by atoms with Crippen LogP contribution in [0.3, 0.4) is 0 Å². The Bertz CT molecular complexity index is 615. The van der Waals surface area contributed by atoms with E-state index in [0.29, 0.717) is 10.5 Å². The molecular weight excluding hydrogens is 350 g/mol. The molecule has 0 spiro atoms. The summed E-state index contributed by atoms with van der Waals surface area (Å²) in [5.74, 6) is 1.09. The summed E-state index contributed by atoms with van der Waals surface area (Å²) in [6.07, 6.45) is 0. The lowest BCUT2D eigenvalue weighted by Crippen LogP contribution is -2.48. The minimum atomic E-state index is -2.03. The molecule has 0 fully saturated rings. The van der Waals surface area contributed by atoms with Crippen molar-refractivity contribution in [3.8, 4) is 5.75 Å². The van der Waals surface area contributed by atoms with Crippen molar-refractivity contribution in [2.75, 3.05) is 21.1 Å². The van der Waals surface area contributed by atoms with Gasteiger partial charge in [-0.15, -0.1) is 0 Å². The van der Waals surface area contributed by atoms with Crippen molar-refractivity contribution in [3.05, 3.63) is 17.2 Å². The third-order valence-electron chi connectivity index (χ3n) is 4.33. The SMILES string of the molecule is CC(C)(C)c1cc([Si](C)(C)Cl)c([N+](C)(C)C)c(C(C)(C)C)c1O[SiH3]. The van der Waals surface area contributed by atoms with Crippen LogP contribution in [0.2, 0.25) is 13.1 Å². The average Bonchev–Trinajstić information content (AvgIpc) is 2.31. The molecule has 0 aliphatic carbocycles. The van der Waals surface area contributed by atoms with Gasteiger partial charge in [0.05, 0.1) is 26.7 Å². The van der Waals surface area contributed by atoms with Crippen LogP contribution in [0.4, 0.5) is 5.69 Å². The maximum atomic E-state index is 7.01. The number of rotatable bonds is 3. The monoisotopic (exact) mass is 386 g/mol. The van der Waals surface area contributed by atoms with E-state index in [2.05, 4.69) is 81.8 Å². The second-order valence-electron chi connectivity index (χ2n) is 10.2. The molecule has 0 saturated carbocycles. The first-order valence-electron chi connectivity index (χ1n) is 8.69. The highest BCUT2D eigenvalue weighted by molar-refractivity contribution is 7.26. The first-order chi connectivity index (χ1) is 10.4. The van der Waals surface area contributed by atoms with Crippen molar-refractivity contribution in [3.63, 3.8) is 0 Å². The Labute approximate surface area is 158 Å². The molecule has 0 N–H and O–H groups in total. The molecule has 0 aliphatic heterocycles. The smallest absolute Gasteiger partial charge is 0.204 e. The summed E-state index contributed by atoms with van der Waals surface area (Å²) in [6, 6.07) is 2.35. The largest absolute Gasteiger partial charge is 0.553 e. The second-order valence-corrected chi connectivity index (χ2v) is 16.9. The fraction of sp³-hybridized carbons (Fsp3) is 0.684. The molecule has 0 bridgehead atoms. The molecule has 0 radical (unpaired) electrons. The van der Waals surface area contributed by atoms with Gasteiger partial charge in [-0.05, 0) is 22.5 Å². The molecule has 138 valence electrons. The zero-order valence-corrected chi connectivity index (χ0v) is 21.6. The number of nitrogens with zero attached hydrogens (tertiary/aromatic N) is 1. The van der Waals surface area contributed by atoms with Gasteiger partial charge >= 0.3 is 0 Å². The normalized spacial score (nSPS) is 14.2. The summed E-state index contributed by atoms with van der Waals surface area (Å²) in [7, 11) is 5.36. The highest BCUT2D eigenvalue weighted by Gasteiger charge is 2.40. The molecule has 0 aliphatic rings. The van der Waals surface area contributed by atoms with E-state index in [9.17, 15) is 0 Å².